The van der Waals surface area contributed by atoms with Gasteiger partial charge in [-0.25, -0.2) is 10.4 Å². The van der Waals surface area contributed by atoms with Crippen molar-refractivity contribution in [2.24, 2.45) is 5.10 Å². The quantitative estimate of drug-likeness (QED) is 0.301. The van der Waals surface area contributed by atoms with Gasteiger partial charge < -0.3 is 10.3 Å². The second kappa shape index (κ2) is 6.21. The van der Waals surface area contributed by atoms with E-state index in [-0.39, 0.29) is 11.7 Å². The summed E-state index contributed by atoms with van der Waals surface area (Å²) < 4.78 is 0.405. The van der Waals surface area contributed by atoms with Gasteiger partial charge in [0.15, 0.2) is 0 Å². The lowest BCUT2D eigenvalue weighted by Crippen LogP contribution is -2.22. The molecule has 0 fully saturated rings. The molecule has 1 aromatic heterocycles. The summed E-state index contributed by atoms with van der Waals surface area (Å²) in [5.41, 5.74) is 2.91. The first-order valence-electron chi connectivity index (χ1n) is 7.86. The van der Waals surface area contributed by atoms with Gasteiger partial charge in [-0.05, 0) is 29.0 Å². The highest BCUT2D eigenvalue weighted by Crippen LogP contribution is 2.25. The fourth-order valence-electron chi connectivity index (χ4n) is 2.77. The number of para-hydroxylation sites is 1. The van der Waals surface area contributed by atoms with Crippen LogP contribution in [0.15, 0.2) is 70.6 Å². The Kier molecular flexibility index (Phi) is 3.74. The molecule has 7 nitrogen and oxygen atoms in total. The highest BCUT2D eigenvalue weighted by molar-refractivity contribution is 6.02. The number of aromatic hydroxyl groups is 1. The van der Waals surface area contributed by atoms with Crippen LogP contribution in [0.25, 0.3) is 21.7 Å². The van der Waals surface area contributed by atoms with Gasteiger partial charge in [-0.2, -0.15) is 5.10 Å². The van der Waals surface area contributed by atoms with Crippen molar-refractivity contribution in [3.8, 4) is 5.75 Å². The Morgan fingerprint density at radius 1 is 1.00 bits per heavy atom. The molecule has 0 atom stereocenters. The van der Waals surface area contributed by atoms with Crippen LogP contribution in [0.5, 0.6) is 5.75 Å². The normalized spacial score (nSPS) is 11.4. The lowest BCUT2D eigenvalue weighted by atomic mass is 10.0. The smallest absolute Gasteiger partial charge is 0.295 e. The summed E-state index contributed by atoms with van der Waals surface area (Å²) in [6.45, 7) is 0. The van der Waals surface area contributed by atoms with E-state index in [1.165, 1.54) is 6.21 Å². The van der Waals surface area contributed by atoms with Crippen molar-refractivity contribution in [3.63, 3.8) is 0 Å². The SMILES string of the molecule is O=c1c2ccccc2nc(N/N=C/c2c(O)ccc3ccccc23)n1O. The lowest BCUT2D eigenvalue weighted by molar-refractivity contribution is 0.179. The third kappa shape index (κ3) is 2.61. The minimum absolute atomic E-state index is 0.0714. The summed E-state index contributed by atoms with van der Waals surface area (Å²) in [5.74, 6) is -0.0493. The van der Waals surface area contributed by atoms with Gasteiger partial charge in [0.05, 0.1) is 17.1 Å². The van der Waals surface area contributed by atoms with Crippen molar-refractivity contribution in [3.05, 3.63) is 76.6 Å². The van der Waals surface area contributed by atoms with Crippen LogP contribution in [0.2, 0.25) is 0 Å². The van der Waals surface area contributed by atoms with Gasteiger partial charge >= 0.3 is 0 Å². The Morgan fingerprint density at radius 3 is 2.58 bits per heavy atom. The molecule has 3 aromatic carbocycles. The van der Waals surface area contributed by atoms with Crippen LogP contribution >= 0.6 is 0 Å². The van der Waals surface area contributed by atoms with E-state index < -0.39 is 5.56 Å². The third-order valence-corrected chi connectivity index (χ3v) is 4.06. The van der Waals surface area contributed by atoms with Crippen molar-refractivity contribution < 1.29 is 10.3 Å². The van der Waals surface area contributed by atoms with E-state index in [0.717, 1.165) is 10.8 Å². The topological polar surface area (TPSA) is 99.7 Å². The van der Waals surface area contributed by atoms with E-state index in [4.69, 9.17) is 0 Å². The van der Waals surface area contributed by atoms with Crippen molar-refractivity contribution in [1.29, 1.82) is 0 Å². The van der Waals surface area contributed by atoms with Gasteiger partial charge in [0, 0.05) is 5.56 Å². The molecule has 128 valence electrons. The summed E-state index contributed by atoms with van der Waals surface area (Å²) in [6, 6.07) is 17.7. The minimum Gasteiger partial charge on any atom is -0.507 e. The number of fused-ring (bicyclic) bond motifs is 2. The van der Waals surface area contributed by atoms with Crippen molar-refractivity contribution in [1.82, 2.24) is 9.71 Å². The van der Waals surface area contributed by atoms with E-state index in [2.05, 4.69) is 15.5 Å². The molecule has 0 radical (unpaired) electrons. The molecule has 7 heteroatoms. The Balaban J connectivity index is 1.72. The fourth-order valence-corrected chi connectivity index (χ4v) is 2.77. The first kappa shape index (κ1) is 15.6. The number of hydrogen-bond donors (Lipinski definition) is 3. The molecule has 0 saturated heterocycles. The average molecular weight is 346 g/mol. The van der Waals surface area contributed by atoms with Gasteiger partial charge in [-0.15, -0.1) is 4.73 Å². The zero-order chi connectivity index (χ0) is 18.1. The highest BCUT2D eigenvalue weighted by atomic mass is 16.5. The number of nitrogens with one attached hydrogen (secondary N) is 1. The van der Waals surface area contributed by atoms with Crippen LogP contribution in [-0.4, -0.2) is 26.2 Å². The molecule has 4 aromatic rings. The third-order valence-electron chi connectivity index (χ3n) is 4.06. The second-order valence-electron chi connectivity index (χ2n) is 5.66. The highest BCUT2D eigenvalue weighted by Gasteiger charge is 2.09. The maximum absolute atomic E-state index is 12.2. The molecule has 0 amide bonds. The monoisotopic (exact) mass is 346 g/mol. The number of nitrogens with zero attached hydrogens (tertiary/aromatic N) is 3. The standard InChI is InChI=1S/C19H14N4O3/c24-17-10-9-12-5-1-2-6-13(12)15(17)11-20-22-19-21-16-8-4-3-7-14(16)18(25)23(19)26/h1-11,24,26H,(H,21,22)/b20-11+. The summed E-state index contributed by atoms with van der Waals surface area (Å²) in [6.07, 6.45) is 1.42. The molecule has 0 aliphatic heterocycles. The molecule has 0 aliphatic carbocycles. The van der Waals surface area contributed by atoms with Gasteiger partial charge in [0.25, 0.3) is 11.5 Å². The van der Waals surface area contributed by atoms with Crippen molar-refractivity contribution >= 4 is 33.8 Å². The van der Waals surface area contributed by atoms with Crippen LogP contribution < -0.4 is 11.0 Å². The molecule has 4 rings (SSSR count). The van der Waals surface area contributed by atoms with Crippen molar-refractivity contribution in [2.45, 2.75) is 0 Å². The number of benzene rings is 3. The van der Waals surface area contributed by atoms with E-state index in [1.54, 1.807) is 30.3 Å². The molecular formula is C19H14N4O3. The molecular weight excluding hydrogens is 332 g/mol. The molecule has 1 heterocycles. The maximum atomic E-state index is 12.2. The van der Waals surface area contributed by atoms with Gasteiger partial charge in [-0.1, -0.05) is 42.5 Å². The van der Waals surface area contributed by atoms with Crippen molar-refractivity contribution in [2.75, 3.05) is 5.43 Å². The Bertz CT molecular complexity index is 1210. The number of rotatable bonds is 3. The van der Waals surface area contributed by atoms with Crippen LogP contribution in [0.1, 0.15) is 5.56 Å². The van der Waals surface area contributed by atoms with Crippen LogP contribution in [0.4, 0.5) is 5.95 Å². The van der Waals surface area contributed by atoms with Crippen LogP contribution in [0, 0.1) is 0 Å². The fraction of sp³-hybridized carbons (Fsp3) is 0. The van der Waals surface area contributed by atoms with E-state index in [1.807, 2.05) is 30.3 Å². The summed E-state index contributed by atoms with van der Waals surface area (Å²) in [4.78, 5) is 16.3. The molecule has 0 saturated carbocycles. The molecule has 0 aliphatic rings. The predicted octanol–water partition coefficient (Wildman–Crippen LogP) is 2.94. The van der Waals surface area contributed by atoms with Gasteiger partial charge in [-0.3, -0.25) is 4.79 Å². The first-order chi connectivity index (χ1) is 12.6. The van der Waals surface area contributed by atoms with E-state index >= 15 is 0 Å². The number of phenolic OH excluding ortho intramolecular Hbond substituents is 1. The Labute approximate surface area is 147 Å². The Hall–Kier alpha value is -3.87. The zero-order valence-corrected chi connectivity index (χ0v) is 13.5. The number of hydrazone groups is 1. The largest absolute Gasteiger partial charge is 0.507 e. The number of phenols is 1. The molecule has 0 bridgehead atoms. The Morgan fingerprint density at radius 2 is 1.73 bits per heavy atom. The van der Waals surface area contributed by atoms with E-state index in [9.17, 15) is 15.1 Å². The lowest BCUT2D eigenvalue weighted by Gasteiger charge is -2.07. The average Bonchev–Trinajstić information content (AvgIpc) is 2.67. The molecule has 3 N–H and O–H groups in total. The minimum atomic E-state index is -0.596. The van der Waals surface area contributed by atoms with Gasteiger partial charge in [0.2, 0.25) is 0 Å². The summed E-state index contributed by atoms with van der Waals surface area (Å²) in [7, 11) is 0. The predicted molar refractivity (Wildman–Crippen MR) is 100 cm³/mol. The number of anilines is 1. The van der Waals surface area contributed by atoms with Crippen LogP contribution in [-0.2, 0) is 0 Å². The second-order valence-corrected chi connectivity index (χ2v) is 5.66. The molecule has 0 spiro atoms. The first-order valence-corrected chi connectivity index (χ1v) is 7.86. The zero-order valence-electron chi connectivity index (χ0n) is 13.5. The summed E-state index contributed by atoms with van der Waals surface area (Å²) in [5, 5.41) is 26.2. The van der Waals surface area contributed by atoms with E-state index in [0.29, 0.717) is 21.2 Å². The molecule has 26 heavy (non-hydrogen) atoms. The number of hydrogen-bond acceptors (Lipinski definition) is 6. The number of aromatic nitrogens is 2. The van der Waals surface area contributed by atoms with Crippen LogP contribution in [0.3, 0.4) is 0 Å². The summed E-state index contributed by atoms with van der Waals surface area (Å²) >= 11 is 0. The molecule has 0 unspecified atom stereocenters. The maximum Gasteiger partial charge on any atom is 0.295 e. The van der Waals surface area contributed by atoms with Gasteiger partial charge in [0.1, 0.15) is 5.75 Å².